The Bertz CT molecular complexity index is 2290. The standard InChI is InChI=1S/C40H26N2O2/c1-3-13-28-26(11-1)27-12-2-4-14-29(27)38-37(28)41-22-33(42-38)24-10-7-9-23(21-24)25-16-8-17-30-31-19-20-35-36(40(31)44-39(25)30)32-15-5-6-18-34(32)43-35/h1-22,30,35-36,39H. The Morgan fingerprint density at radius 2 is 1.41 bits per heavy atom. The second-order valence-corrected chi connectivity index (χ2v) is 12.0. The maximum atomic E-state index is 6.90. The van der Waals surface area contributed by atoms with Crippen molar-refractivity contribution < 1.29 is 9.47 Å². The van der Waals surface area contributed by atoms with Gasteiger partial charge in [0, 0.05) is 39.0 Å². The van der Waals surface area contributed by atoms with E-state index in [4.69, 9.17) is 19.4 Å². The van der Waals surface area contributed by atoms with Crippen LogP contribution < -0.4 is 4.74 Å². The van der Waals surface area contributed by atoms with Crippen molar-refractivity contribution in [2.75, 3.05) is 0 Å². The highest BCUT2D eigenvalue weighted by atomic mass is 16.5. The van der Waals surface area contributed by atoms with Crippen LogP contribution in [0.15, 0.2) is 145 Å². The molecule has 44 heavy (non-hydrogen) atoms. The molecule has 4 aliphatic rings. The summed E-state index contributed by atoms with van der Waals surface area (Å²) in [6.07, 6.45) is 12.9. The number of ether oxygens (including phenoxy) is 2. The normalized spacial score (nSPS) is 22.8. The molecule has 4 unspecified atom stereocenters. The predicted molar refractivity (Wildman–Crippen MR) is 175 cm³/mol. The first kappa shape index (κ1) is 24.0. The van der Waals surface area contributed by atoms with Gasteiger partial charge in [-0.3, -0.25) is 4.98 Å². The third kappa shape index (κ3) is 3.34. The van der Waals surface area contributed by atoms with Crippen LogP contribution in [0.5, 0.6) is 5.75 Å². The molecule has 0 spiro atoms. The van der Waals surface area contributed by atoms with E-state index in [0.29, 0.717) is 0 Å². The van der Waals surface area contributed by atoms with Crippen LogP contribution >= 0.6 is 0 Å². The molecule has 3 heterocycles. The fraction of sp³-hybridized carbons (Fsp3) is 0.100. The van der Waals surface area contributed by atoms with Gasteiger partial charge in [-0.2, -0.15) is 0 Å². The Kier molecular flexibility index (Phi) is 4.92. The van der Waals surface area contributed by atoms with Gasteiger partial charge in [0.05, 0.1) is 28.8 Å². The zero-order valence-corrected chi connectivity index (χ0v) is 23.7. The summed E-state index contributed by atoms with van der Waals surface area (Å²) < 4.78 is 13.2. The topological polar surface area (TPSA) is 44.2 Å². The highest BCUT2D eigenvalue weighted by Gasteiger charge is 2.47. The number of hydrogen-bond donors (Lipinski definition) is 0. The van der Waals surface area contributed by atoms with E-state index in [1.807, 2.05) is 12.3 Å². The second-order valence-electron chi connectivity index (χ2n) is 12.0. The molecule has 0 fully saturated rings. The maximum Gasteiger partial charge on any atom is 0.134 e. The van der Waals surface area contributed by atoms with Gasteiger partial charge in [0.1, 0.15) is 23.7 Å². The molecule has 5 aromatic carbocycles. The molecule has 0 radical (unpaired) electrons. The van der Waals surface area contributed by atoms with Crippen molar-refractivity contribution in [3.05, 3.63) is 156 Å². The molecule has 10 rings (SSSR count). The molecule has 0 N–H and O–H groups in total. The van der Waals surface area contributed by atoms with Crippen LogP contribution in [0.25, 0.3) is 49.4 Å². The molecule has 0 saturated carbocycles. The molecular formula is C40H26N2O2. The molecule has 4 atom stereocenters. The van der Waals surface area contributed by atoms with E-state index in [0.717, 1.165) is 50.1 Å². The van der Waals surface area contributed by atoms with E-state index >= 15 is 0 Å². The number of rotatable bonds is 2. The molecule has 0 bridgehead atoms. The van der Waals surface area contributed by atoms with Gasteiger partial charge in [-0.05, 0) is 34.5 Å². The average Bonchev–Trinajstić information content (AvgIpc) is 3.67. The molecule has 4 nitrogen and oxygen atoms in total. The van der Waals surface area contributed by atoms with Crippen molar-refractivity contribution >= 4 is 38.2 Å². The van der Waals surface area contributed by atoms with E-state index < -0.39 is 0 Å². The van der Waals surface area contributed by atoms with Crippen molar-refractivity contribution in [1.29, 1.82) is 0 Å². The molecule has 4 heteroatoms. The molecule has 2 aliphatic heterocycles. The Morgan fingerprint density at radius 1 is 0.659 bits per heavy atom. The van der Waals surface area contributed by atoms with Gasteiger partial charge in [-0.25, -0.2) is 4.98 Å². The molecule has 208 valence electrons. The summed E-state index contributed by atoms with van der Waals surface area (Å²) in [6.45, 7) is 0. The number of benzene rings is 5. The Balaban J connectivity index is 1.04. The summed E-state index contributed by atoms with van der Waals surface area (Å²) in [6, 6.07) is 33.9. The lowest BCUT2D eigenvalue weighted by atomic mass is 9.80. The summed E-state index contributed by atoms with van der Waals surface area (Å²) in [5, 5.41) is 4.64. The van der Waals surface area contributed by atoms with Gasteiger partial charge in [0.2, 0.25) is 0 Å². The van der Waals surface area contributed by atoms with Crippen molar-refractivity contribution in [2.45, 2.75) is 18.1 Å². The first-order chi connectivity index (χ1) is 21.8. The lowest BCUT2D eigenvalue weighted by Gasteiger charge is -2.25. The van der Waals surface area contributed by atoms with Crippen molar-refractivity contribution in [1.82, 2.24) is 9.97 Å². The van der Waals surface area contributed by atoms with Gasteiger partial charge in [0.15, 0.2) is 0 Å². The van der Waals surface area contributed by atoms with Crippen molar-refractivity contribution in [2.24, 2.45) is 5.92 Å². The molecule has 6 aromatic rings. The monoisotopic (exact) mass is 566 g/mol. The molecular weight excluding hydrogens is 540 g/mol. The summed E-state index contributed by atoms with van der Waals surface area (Å²) in [7, 11) is 0. The van der Waals surface area contributed by atoms with Gasteiger partial charge in [0.25, 0.3) is 0 Å². The Labute approximate surface area is 254 Å². The van der Waals surface area contributed by atoms with E-state index in [1.54, 1.807) is 0 Å². The molecule has 1 aromatic heterocycles. The van der Waals surface area contributed by atoms with Crippen molar-refractivity contribution in [3.8, 4) is 17.0 Å². The third-order valence-electron chi connectivity index (χ3n) is 9.64. The molecule has 0 saturated heterocycles. The molecule has 2 aliphatic carbocycles. The van der Waals surface area contributed by atoms with E-state index in [9.17, 15) is 0 Å². The van der Waals surface area contributed by atoms with Crippen molar-refractivity contribution in [3.63, 3.8) is 0 Å². The minimum absolute atomic E-state index is 0.0225. The fourth-order valence-corrected chi connectivity index (χ4v) is 7.64. The summed E-state index contributed by atoms with van der Waals surface area (Å²) >= 11 is 0. The Morgan fingerprint density at radius 3 is 2.27 bits per heavy atom. The molecule has 0 amide bonds. The fourth-order valence-electron chi connectivity index (χ4n) is 7.64. The van der Waals surface area contributed by atoms with Crippen LogP contribution in [0.2, 0.25) is 0 Å². The van der Waals surface area contributed by atoms with Crippen LogP contribution in [0.1, 0.15) is 17.0 Å². The number of allylic oxidation sites excluding steroid dienone is 3. The lowest BCUT2D eigenvalue weighted by molar-refractivity contribution is 0.142. The first-order valence-corrected chi connectivity index (χ1v) is 15.2. The minimum Gasteiger partial charge on any atom is -0.488 e. The van der Waals surface area contributed by atoms with Gasteiger partial charge in [-0.1, -0.05) is 109 Å². The zero-order valence-electron chi connectivity index (χ0n) is 23.7. The lowest BCUT2D eigenvalue weighted by Crippen LogP contribution is -2.22. The van der Waals surface area contributed by atoms with Gasteiger partial charge >= 0.3 is 0 Å². The van der Waals surface area contributed by atoms with Gasteiger partial charge < -0.3 is 9.47 Å². The van der Waals surface area contributed by atoms with Crippen LogP contribution in [-0.4, -0.2) is 22.2 Å². The van der Waals surface area contributed by atoms with Crippen LogP contribution in [-0.2, 0) is 4.74 Å². The number of para-hydroxylation sites is 1. The van der Waals surface area contributed by atoms with Gasteiger partial charge in [-0.15, -0.1) is 0 Å². The number of hydrogen-bond acceptors (Lipinski definition) is 4. The summed E-state index contributed by atoms with van der Waals surface area (Å²) in [5.41, 5.74) is 8.54. The average molecular weight is 567 g/mol. The number of nitrogens with zero attached hydrogens (tertiary/aromatic N) is 2. The number of aromatic nitrogens is 2. The zero-order chi connectivity index (χ0) is 28.8. The van der Waals surface area contributed by atoms with E-state index in [2.05, 4.69) is 121 Å². The first-order valence-electron chi connectivity index (χ1n) is 15.2. The summed E-state index contributed by atoms with van der Waals surface area (Å²) in [5.74, 6) is 2.26. The maximum absolute atomic E-state index is 6.90. The quantitative estimate of drug-likeness (QED) is 0.196. The minimum atomic E-state index is -0.0885. The largest absolute Gasteiger partial charge is 0.488 e. The third-order valence-corrected chi connectivity index (χ3v) is 9.64. The Hall–Kier alpha value is -5.48. The highest BCUT2D eigenvalue weighted by Crippen LogP contribution is 2.53. The highest BCUT2D eigenvalue weighted by molar-refractivity contribution is 6.23. The second kappa shape index (κ2) is 9.01. The predicted octanol–water partition coefficient (Wildman–Crippen LogP) is 8.94. The SMILES string of the molecule is C1=CC2C3=C(OC2C(c2cccc(-c4cnc5c6ccccc6c6ccccc6c5n4)c2)=C1)C1c2ccccc2OC1C=C3. The van der Waals surface area contributed by atoms with E-state index in [-0.39, 0.29) is 24.0 Å². The summed E-state index contributed by atoms with van der Waals surface area (Å²) in [4.78, 5) is 10.2. The van der Waals surface area contributed by atoms with Crippen LogP contribution in [0.4, 0.5) is 0 Å². The van der Waals surface area contributed by atoms with Crippen LogP contribution in [0.3, 0.4) is 0 Å². The number of fused-ring (bicyclic) bond motifs is 12. The van der Waals surface area contributed by atoms with E-state index in [1.165, 1.54) is 27.5 Å². The smallest absolute Gasteiger partial charge is 0.134 e. The van der Waals surface area contributed by atoms with Crippen LogP contribution in [0, 0.1) is 5.92 Å².